The van der Waals surface area contributed by atoms with Gasteiger partial charge in [0, 0.05) is 0 Å². The number of aromatic amines is 1. The fourth-order valence-corrected chi connectivity index (χ4v) is 15.4. The van der Waals surface area contributed by atoms with Crippen LogP contribution in [0.5, 0.6) is 0 Å². The number of aromatic nitrogens is 2. The molecule has 0 aliphatic carbocycles. The Morgan fingerprint density at radius 1 is 1.15 bits per heavy atom. The van der Waals surface area contributed by atoms with E-state index in [1.165, 1.54) is 16.8 Å². The molecule has 3 heterocycles. The van der Waals surface area contributed by atoms with Crippen molar-refractivity contribution in [2.45, 2.75) is 72.9 Å². The van der Waals surface area contributed by atoms with Crippen LogP contribution in [0, 0.1) is 0 Å². The molecule has 0 saturated carbocycles. The number of unbranched alkanes of at least 4 members (excludes halogenated alkanes) is 2. The molecule has 0 spiro atoms. The van der Waals surface area contributed by atoms with Crippen LogP contribution in [0.1, 0.15) is 45.8 Å². The van der Waals surface area contributed by atoms with Crippen LogP contribution in [0.2, 0.25) is 8.87 Å². The quantitative estimate of drug-likeness (QED) is 0.549. The van der Waals surface area contributed by atoms with E-state index in [1.54, 1.807) is 0 Å². The van der Waals surface area contributed by atoms with Gasteiger partial charge in [0.2, 0.25) is 0 Å². The molecule has 1 aromatic heterocycles. The third kappa shape index (κ3) is 3.94. The summed E-state index contributed by atoms with van der Waals surface area (Å²) in [5.74, 6) is 0. The molecule has 1 aromatic rings. The molecule has 146 valence electrons. The van der Waals surface area contributed by atoms with Crippen molar-refractivity contribution in [1.29, 1.82) is 0 Å². The predicted octanol–water partition coefficient (Wildman–Crippen LogP) is 1.25. The Morgan fingerprint density at radius 3 is 2.38 bits per heavy atom. The van der Waals surface area contributed by atoms with Crippen molar-refractivity contribution >= 4 is 19.2 Å². The van der Waals surface area contributed by atoms with Crippen LogP contribution in [0.4, 0.5) is 0 Å². The summed E-state index contributed by atoms with van der Waals surface area (Å²) in [6, 6.07) is 1.28. The van der Waals surface area contributed by atoms with Crippen LogP contribution in [0.25, 0.3) is 0 Å². The number of aliphatic hydroxyl groups is 1. The van der Waals surface area contributed by atoms with Gasteiger partial charge in [-0.1, -0.05) is 0 Å². The molecule has 0 aromatic carbocycles. The number of aliphatic hydroxyl groups excluding tert-OH is 1. The summed E-state index contributed by atoms with van der Waals surface area (Å²) >= 11 is -3.28. The molecule has 0 amide bonds. The van der Waals surface area contributed by atoms with Gasteiger partial charge in [-0.15, -0.1) is 0 Å². The standard InChI is InChI=1S/C9H10N2O6.2C4H9.Sn/c12-3-4-6(14)7(15)8(17-4)11-2-1-5(13)10-9(11)16;2*1-3-4-2;/h1-2,4,6-8,12H,3H2,(H,10,13,16);2*1,3-4H2,2H3;/q-2;;;+2. The van der Waals surface area contributed by atoms with Crippen molar-refractivity contribution in [3.63, 3.8) is 0 Å². The van der Waals surface area contributed by atoms with Crippen LogP contribution >= 0.6 is 0 Å². The second kappa shape index (κ2) is 8.55. The normalized spacial score (nSPS) is 29.8. The molecule has 2 aliphatic rings. The van der Waals surface area contributed by atoms with Crippen molar-refractivity contribution in [1.82, 2.24) is 9.55 Å². The fourth-order valence-electron chi connectivity index (χ4n) is 3.75. The predicted molar refractivity (Wildman–Crippen MR) is 97.2 cm³/mol. The Morgan fingerprint density at radius 2 is 1.81 bits per heavy atom. The summed E-state index contributed by atoms with van der Waals surface area (Å²) in [4.78, 5) is 25.8. The van der Waals surface area contributed by atoms with Crippen molar-refractivity contribution in [3.05, 3.63) is 33.1 Å². The second-order valence-corrected chi connectivity index (χ2v) is 16.4. The Labute approximate surface area is 157 Å². The van der Waals surface area contributed by atoms with Gasteiger partial charge in [-0.25, -0.2) is 0 Å². The third-order valence-corrected chi connectivity index (χ3v) is 15.5. The van der Waals surface area contributed by atoms with Gasteiger partial charge in [0.05, 0.1) is 0 Å². The molecule has 2 aliphatic heterocycles. The Kier molecular flexibility index (Phi) is 6.60. The summed E-state index contributed by atoms with van der Waals surface area (Å²) in [7, 11) is 0. The van der Waals surface area contributed by atoms with Crippen LogP contribution in [-0.2, 0) is 10.9 Å². The minimum absolute atomic E-state index is 0.192. The van der Waals surface area contributed by atoms with Crippen molar-refractivity contribution in [2.75, 3.05) is 6.61 Å². The van der Waals surface area contributed by atoms with Crippen LogP contribution < -0.4 is 11.2 Å². The van der Waals surface area contributed by atoms with Gasteiger partial charge >= 0.3 is 157 Å². The molecule has 3 rings (SSSR count). The second-order valence-electron chi connectivity index (χ2n) is 7.05. The van der Waals surface area contributed by atoms with E-state index in [2.05, 4.69) is 18.8 Å². The first-order valence-electron chi connectivity index (χ1n) is 9.47. The number of H-pyrrole nitrogens is 1. The summed E-state index contributed by atoms with van der Waals surface area (Å²) in [5, 5.41) is 9.73. The number of rotatable bonds is 8. The zero-order valence-electron chi connectivity index (χ0n) is 15.3. The fraction of sp³-hybridized carbons (Fsp3) is 0.765. The Balaban J connectivity index is 1.89. The Hall–Kier alpha value is -0.681. The number of hydrogen-bond donors (Lipinski definition) is 2. The van der Waals surface area contributed by atoms with E-state index in [1.807, 2.05) is 0 Å². The third-order valence-electron chi connectivity index (χ3n) is 5.11. The zero-order chi connectivity index (χ0) is 18.7. The maximum atomic E-state index is 12.2. The molecule has 2 N–H and O–H groups in total. The molecular formula is C17H28N2O6Sn. The first kappa shape index (κ1) is 20.1. The van der Waals surface area contributed by atoms with Gasteiger partial charge < -0.3 is 0 Å². The van der Waals surface area contributed by atoms with Gasteiger partial charge in [0.1, 0.15) is 0 Å². The summed E-state index contributed by atoms with van der Waals surface area (Å²) < 4.78 is 22.2. The number of nitrogens with zero attached hydrogens (tertiary/aromatic N) is 1. The topological polar surface area (TPSA) is 103 Å². The molecular weight excluding hydrogens is 447 g/mol. The van der Waals surface area contributed by atoms with Crippen molar-refractivity contribution in [3.8, 4) is 0 Å². The summed E-state index contributed by atoms with van der Waals surface area (Å²) in [6.07, 6.45) is 3.72. The minimum atomic E-state index is -3.28. The number of nitrogens with one attached hydrogen (secondary N) is 1. The molecule has 26 heavy (non-hydrogen) atoms. The maximum absolute atomic E-state index is 12.2. The van der Waals surface area contributed by atoms with E-state index >= 15 is 0 Å². The molecule has 0 radical (unpaired) electrons. The van der Waals surface area contributed by atoms with Crippen LogP contribution in [-0.4, -0.2) is 58.8 Å². The van der Waals surface area contributed by atoms with Crippen LogP contribution in [0.3, 0.4) is 0 Å². The van der Waals surface area contributed by atoms with Gasteiger partial charge in [0.15, 0.2) is 0 Å². The van der Waals surface area contributed by atoms with E-state index in [0.717, 1.165) is 34.6 Å². The first-order chi connectivity index (χ1) is 12.5. The molecule has 8 nitrogen and oxygen atoms in total. The monoisotopic (exact) mass is 476 g/mol. The molecule has 4 atom stereocenters. The van der Waals surface area contributed by atoms with E-state index in [0.29, 0.717) is 0 Å². The van der Waals surface area contributed by atoms with E-state index in [-0.39, 0.29) is 12.7 Å². The molecule has 2 saturated heterocycles. The average Bonchev–Trinajstić information content (AvgIpc) is 3.14. The summed E-state index contributed by atoms with van der Waals surface area (Å²) in [6.45, 7) is 4.11. The average molecular weight is 475 g/mol. The van der Waals surface area contributed by atoms with Gasteiger partial charge in [0.25, 0.3) is 0 Å². The van der Waals surface area contributed by atoms with Gasteiger partial charge in [-0.2, -0.15) is 0 Å². The molecule has 4 unspecified atom stereocenters. The van der Waals surface area contributed by atoms with E-state index < -0.39 is 48.9 Å². The molecule has 2 fully saturated rings. The summed E-state index contributed by atoms with van der Waals surface area (Å²) in [5.41, 5.74) is -0.999. The SMILES string of the molecule is CCC[CH2][Sn]1([CH2]CCC)[O]C2C(CO)OC(n3ccc(=O)[nH]c3=O)C2[O]1. The van der Waals surface area contributed by atoms with Gasteiger partial charge in [-0.05, 0) is 0 Å². The number of hydrogen-bond acceptors (Lipinski definition) is 6. The van der Waals surface area contributed by atoms with E-state index in [4.69, 9.17) is 10.9 Å². The zero-order valence-corrected chi connectivity index (χ0v) is 18.2. The van der Waals surface area contributed by atoms with Crippen molar-refractivity contribution in [2.24, 2.45) is 0 Å². The number of ether oxygens (including phenoxy) is 1. The number of fused-ring (bicyclic) bond motifs is 1. The first-order valence-corrected chi connectivity index (χ1v) is 15.8. The van der Waals surface area contributed by atoms with E-state index in [9.17, 15) is 14.7 Å². The molecule has 0 bridgehead atoms. The van der Waals surface area contributed by atoms with Crippen molar-refractivity contribution < 1.29 is 16.0 Å². The molecule has 9 heteroatoms. The van der Waals surface area contributed by atoms with Gasteiger partial charge in [-0.3, -0.25) is 0 Å². The Bertz CT molecular complexity index is 712. The van der Waals surface area contributed by atoms with Crippen LogP contribution in [0.15, 0.2) is 21.9 Å².